The van der Waals surface area contributed by atoms with Gasteiger partial charge in [0.1, 0.15) is 5.82 Å². The molecule has 0 N–H and O–H groups in total. The van der Waals surface area contributed by atoms with Crippen molar-refractivity contribution in [2.24, 2.45) is 5.92 Å². The third kappa shape index (κ3) is 4.07. The zero-order valence-corrected chi connectivity index (χ0v) is 19.4. The lowest BCUT2D eigenvalue weighted by atomic mass is 9.83. The largest absolute Gasteiger partial charge is 0.364 e. The average Bonchev–Trinajstić information content (AvgIpc) is 2.83. The second-order valence-corrected chi connectivity index (χ2v) is 9.82. The molecule has 2 saturated heterocycles. The van der Waals surface area contributed by atoms with Crippen LogP contribution in [0.2, 0.25) is 0 Å². The van der Waals surface area contributed by atoms with Crippen molar-refractivity contribution in [2.45, 2.75) is 64.7 Å². The van der Waals surface area contributed by atoms with Gasteiger partial charge in [0.15, 0.2) is 0 Å². The number of rotatable bonds is 4. The van der Waals surface area contributed by atoms with Crippen LogP contribution in [0.5, 0.6) is 0 Å². The number of fused-ring (bicyclic) bond motifs is 2. The van der Waals surface area contributed by atoms with E-state index < -0.39 is 0 Å². The number of hydrogen-bond acceptors (Lipinski definition) is 4. The third-order valence-electron chi connectivity index (χ3n) is 7.83. The van der Waals surface area contributed by atoms with Crippen molar-refractivity contribution in [2.75, 3.05) is 19.6 Å². The molecule has 0 amide bonds. The quantitative estimate of drug-likeness (QED) is 0.715. The number of benzene rings is 1. The molecular formula is C26H33FN4O2. The van der Waals surface area contributed by atoms with E-state index in [0.717, 1.165) is 31.5 Å². The predicted molar refractivity (Wildman–Crippen MR) is 127 cm³/mol. The summed E-state index contributed by atoms with van der Waals surface area (Å²) in [5.74, 6) is 0.0862. The molecule has 6 nitrogen and oxygen atoms in total. The highest BCUT2D eigenvalue weighted by Gasteiger charge is 2.34. The van der Waals surface area contributed by atoms with Crippen LogP contribution in [0.1, 0.15) is 48.9 Å². The van der Waals surface area contributed by atoms with Gasteiger partial charge in [-0.2, -0.15) is 0 Å². The summed E-state index contributed by atoms with van der Waals surface area (Å²) in [6, 6.07) is 6.90. The summed E-state index contributed by atoms with van der Waals surface area (Å²) in [7, 11) is 0. The average molecular weight is 453 g/mol. The van der Waals surface area contributed by atoms with Gasteiger partial charge in [0.25, 0.3) is 5.56 Å². The molecule has 7 heteroatoms. The van der Waals surface area contributed by atoms with Gasteiger partial charge in [0, 0.05) is 37.8 Å². The highest BCUT2D eigenvalue weighted by atomic mass is 19.1. The summed E-state index contributed by atoms with van der Waals surface area (Å²) in [6.45, 7) is 10.5. The van der Waals surface area contributed by atoms with Crippen LogP contribution in [0, 0.1) is 18.7 Å². The normalized spacial score (nSPS) is 23.3. The third-order valence-corrected chi connectivity index (χ3v) is 7.83. The SMILES string of the molecule is C=C1c2c(C)c(=O)n(CC3CCCN4CCCCC34)c(=O)n2CCN1Cc1ccc(F)cc1. The van der Waals surface area contributed by atoms with E-state index in [1.165, 1.54) is 36.0 Å². The minimum Gasteiger partial charge on any atom is -0.364 e. The Morgan fingerprint density at radius 1 is 1.00 bits per heavy atom. The van der Waals surface area contributed by atoms with Crippen molar-refractivity contribution in [3.63, 3.8) is 0 Å². The summed E-state index contributed by atoms with van der Waals surface area (Å²) in [5.41, 5.74) is 2.46. The van der Waals surface area contributed by atoms with Crippen LogP contribution in [0.25, 0.3) is 5.70 Å². The van der Waals surface area contributed by atoms with Crippen LogP contribution in [0.4, 0.5) is 4.39 Å². The van der Waals surface area contributed by atoms with Crippen LogP contribution >= 0.6 is 0 Å². The van der Waals surface area contributed by atoms with Crippen molar-refractivity contribution < 1.29 is 4.39 Å². The van der Waals surface area contributed by atoms with Crippen molar-refractivity contribution in [3.8, 4) is 0 Å². The van der Waals surface area contributed by atoms with Gasteiger partial charge >= 0.3 is 5.69 Å². The van der Waals surface area contributed by atoms with Crippen molar-refractivity contribution in [3.05, 3.63) is 74.3 Å². The van der Waals surface area contributed by atoms with Crippen LogP contribution in [0.15, 0.2) is 40.4 Å². The molecule has 0 bridgehead atoms. The number of halogens is 1. The molecule has 0 saturated carbocycles. The number of nitrogens with zero attached hydrogens (tertiary/aromatic N) is 4. The highest BCUT2D eigenvalue weighted by molar-refractivity contribution is 5.62. The molecule has 0 radical (unpaired) electrons. The van der Waals surface area contributed by atoms with Gasteiger partial charge < -0.3 is 9.80 Å². The molecule has 5 rings (SSSR count). The summed E-state index contributed by atoms with van der Waals surface area (Å²) >= 11 is 0. The fraction of sp³-hybridized carbons (Fsp3) is 0.538. The van der Waals surface area contributed by atoms with E-state index in [9.17, 15) is 14.0 Å². The molecule has 0 spiro atoms. The van der Waals surface area contributed by atoms with Gasteiger partial charge in [-0.3, -0.25) is 13.9 Å². The molecule has 2 atom stereocenters. The number of aromatic nitrogens is 2. The van der Waals surface area contributed by atoms with E-state index in [1.807, 2.05) is 6.92 Å². The lowest BCUT2D eigenvalue weighted by Crippen LogP contribution is -2.52. The van der Waals surface area contributed by atoms with Crippen molar-refractivity contribution in [1.29, 1.82) is 0 Å². The Morgan fingerprint density at radius 3 is 2.55 bits per heavy atom. The molecule has 3 aliphatic rings. The molecule has 176 valence electrons. The van der Waals surface area contributed by atoms with Gasteiger partial charge in [0.05, 0.1) is 11.4 Å². The molecule has 2 aromatic rings. The predicted octanol–water partition coefficient (Wildman–Crippen LogP) is 3.21. The van der Waals surface area contributed by atoms with Crippen LogP contribution < -0.4 is 11.2 Å². The Hall–Kier alpha value is -2.67. The van der Waals surface area contributed by atoms with Gasteiger partial charge in [-0.05, 0) is 69.3 Å². The van der Waals surface area contributed by atoms with E-state index in [-0.39, 0.29) is 17.1 Å². The summed E-state index contributed by atoms with van der Waals surface area (Å²) < 4.78 is 16.5. The maximum Gasteiger partial charge on any atom is 0.331 e. The Labute approximate surface area is 193 Å². The first kappa shape index (κ1) is 22.1. The van der Waals surface area contributed by atoms with Crippen LogP contribution in [0.3, 0.4) is 0 Å². The second-order valence-electron chi connectivity index (χ2n) is 9.82. The Bertz CT molecular complexity index is 1160. The van der Waals surface area contributed by atoms with E-state index in [1.54, 1.807) is 16.7 Å². The van der Waals surface area contributed by atoms with E-state index in [2.05, 4.69) is 16.4 Å². The molecule has 2 fully saturated rings. The van der Waals surface area contributed by atoms with E-state index in [4.69, 9.17) is 0 Å². The lowest BCUT2D eigenvalue weighted by molar-refractivity contribution is 0.0506. The molecule has 4 heterocycles. The Kier molecular flexibility index (Phi) is 5.99. The van der Waals surface area contributed by atoms with Crippen molar-refractivity contribution in [1.82, 2.24) is 18.9 Å². The number of hydrogen-bond donors (Lipinski definition) is 0. The first-order valence-electron chi connectivity index (χ1n) is 12.2. The van der Waals surface area contributed by atoms with Gasteiger partial charge in [-0.25, -0.2) is 9.18 Å². The zero-order chi connectivity index (χ0) is 23.1. The van der Waals surface area contributed by atoms with Gasteiger partial charge in [0.2, 0.25) is 0 Å². The molecule has 33 heavy (non-hydrogen) atoms. The van der Waals surface area contributed by atoms with Gasteiger partial charge in [-0.1, -0.05) is 25.1 Å². The Balaban J connectivity index is 1.43. The summed E-state index contributed by atoms with van der Waals surface area (Å²) in [5, 5.41) is 0. The van der Waals surface area contributed by atoms with Crippen LogP contribution in [-0.2, 0) is 19.6 Å². The van der Waals surface area contributed by atoms with Crippen LogP contribution in [-0.4, -0.2) is 44.6 Å². The highest BCUT2D eigenvalue weighted by Crippen LogP contribution is 2.32. The van der Waals surface area contributed by atoms with Gasteiger partial charge in [-0.15, -0.1) is 0 Å². The summed E-state index contributed by atoms with van der Waals surface area (Å²) in [4.78, 5) is 31.5. The summed E-state index contributed by atoms with van der Waals surface area (Å²) in [6.07, 6.45) is 5.86. The molecule has 1 aromatic carbocycles. The monoisotopic (exact) mass is 452 g/mol. The lowest BCUT2D eigenvalue weighted by Gasteiger charge is -2.44. The standard InChI is InChI=1S/C26H33FN4O2/c1-18-24-19(2)29(16-20-8-10-22(27)11-9-20)14-15-30(24)26(33)31(25(18)32)17-21-6-5-13-28-12-4-3-7-23(21)28/h8-11,21,23H,2-7,12-17H2,1H3. The minimum absolute atomic E-state index is 0.191. The first-order valence-corrected chi connectivity index (χ1v) is 12.2. The maximum atomic E-state index is 13.5. The van der Waals surface area contributed by atoms with Crippen molar-refractivity contribution >= 4 is 5.70 Å². The van der Waals surface area contributed by atoms with E-state index in [0.29, 0.717) is 55.1 Å². The second kappa shape index (κ2) is 8.93. The maximum absolute atomic E-state index is 13.5. The fourth-order valence-electron chi connectivity index (χ4n) is 6.09. The minimum atomic E-state index is -0.265. The van der Waals surface area contributed by atoms with E-state index >= 15 is 0 Å². The smallest absolute Gasteiger partial charge is 0.331 e. The zero-order valence-electron chi connectivity index (χ0n) is 19.4. The molecule has 2 unspecified atom stereocenters. The fourth-order valence-corrected chi connectivity index (χ4v) is 6.09. The molecule has 0 aliphatic carbocycles. The molecule has 3 aliphatic heterocycles. The topological polar surface area (TPSA) is 50.5 Å². The molecular weight excluding hydrogens is 419 g/mol. The number of piperidine rings is 2. The Morgan fingerprint density at radius 2 is 1.76 bits per heavy atom. The first-order chi connectivity index (χ1) is 15.9. The molecule has 1 aromatic heterocycles.